The maximum atomic E-state index is 11.7. The van der Waals surface area contributed by atoms with Crippen molar-refractivity contribution in [2.45, 2.75) is 51.0 Å². The summed E-state index contributed by atoms with van der Waals surface area (Å²) in [4.78, 5) is 34.3. The fraction of sp³-hybridized carbons (Fsp3) is 0.769. The lowest BCUT2D eigenvalue weighted by Gasteiger charge is -2.23. The van der Waals surface area contributed by atoms with Gasteiger partial charge >= 0.3 is 5.97 Å². The molecule has 0 aromatic carbocycles. The Morgan fingerprint density at radius 3 is 2.26 bits per heavy atom. The number of hydrogen-bond donors (Lipinski definition) is 3. The van der Waals surface area contributed by atoms with Gasteiger partial charge in [0.2, 0.25) is 11.8 Å². The lowest BCUT2D eigenvalue weighted by Crippen LogP contribution is -2.45. The first-order valence-corrected chi connectivity index (χ1v) is 6.86. The largest absolute Gasteiger partial charge is 0.480 e. The molecule has 2 amide bonds. The molecule has 0 unspecified atom stereocenters. The summed E-state index contributed by atoms with van der Waals surface area (Å²) in [6.07, 6.45) is 6.15. The fourth-order valence-corrected chi connectivity index (χ4v) is 2.52. The average Bonchev–Trinajstić information content (AvgIpc) is 3.18. The third-order valence-corrected chi connectivity index (χ3v) is 3.97. The van der Waals surface area contributed by atoms with Gasteiger partial charge in [0.15, 0.2) is 0 Å². The highest BCUT2D eigenvalue weighted by molar-refractivity contribution is 6.05. The van der Waals surface area contributed by atoms with Crippen LogP contribution in [0.2, 0.25) is 0 Å². The number of carbonyl (C=O) groups is 3. The number of hydrogen-bond acceptors (Lipinski definition) is 3. The highest BCUT2D eigenvalue weighted by atomic mass is 16.4. The zero-order valence-electron chi connectivity index (χ0n) is 10.9. The Hall–Kier alpha value is -1.59. The van der Waals surface area contributed by atoms with Gasteiger partial charge in [-0.05, 0) is 25.7 Å². The topological polar surface area (TPSA) is 95.5 Å². The number of aliphatic carboxylic acids is 1. The van der Waals surface area contributed by atoms with Crippen LogP contribution < -0.4 is 10.6 Å². The van der Waals surface area contributed by atoms with Crippen molar-refractivity contribution in [1.82, 2.24) is 10.6 Å². The van der Waals surface area contributed by atoms with E-state index in [1.165, 1.54) is 6.42 Å². The summed E-state index contributed by atoms with van der Waals surface area (Å²) in [7, 11) is 0. The van der Waals surface area contributed by atoms with E-state index in [4.69, 9.17) is 5.11 Å². The van der Waals surface area contributed by atoms with Crippen molar-refractivity contribution in [1.29, 1.82) is 0 Å². The summed E-state index contributed by atoms with van der Waals surface area (Å²) in [5.74, 6) is -1.88. The van der Waals surface area contributed by atoms with Crippen LogP contribution in [-0.2, 0) is 14.4 Å². The number of rotatable bonds is 5. The second kappa shape index (κ2) is 5.59. The Morgan fingerprint density at radius 2 is 1.74 bits per heavy atom. The summed E-state index contributed by atoms with van der Waals surface area (Å²) in [6.45, 7) is -0.135. The first kappa shape index (κ1) is 13.8. The minimum atomic E-state index is -1.27. The Kier molecular flexibility index (Phi) is 4.07. The monoisotopic (exact) mass is 268 g/mol. The van der Waals surface area contributed by atoms with Crippen LogP contribution in [0.25, 0.3) is 0 Å². The molecule has 2 fully saturated rings. The molecule has 2 aliphatic rings. The van der Waals surface area contributed by atoms with Crippen molar-refractivity contribution >= 4 is 17.8 Å². The van der Waals surface area contributed by atoms with E-state index in [9.17, 15) is 14.4 Å². The van der Waals surface area contributed by atoms with Crippen LogP contribution in [0, 0.1) is 5.41 Å². The van der Waals surface area contributed by atoms with Crippen molar-refractivity contribution in [2.75, 3.05) is 6.54 Å². The van der Waals surface area contributed by atoms with Crippen LogP contribution in [0.4, 0.5) is 0 Å². The van der Waals surface area contributed by atoms with E-state index in [2.05, 4.69) is 10.6 Å². The van der Waals surface area contributed by atoms with Crippen LogP contribution in [0.5, 0.6) is 0 Å². The zero-order valence-corrected chi connectivity index (χ0v) is 10.9. The number of nitrogens with one attached hydrogen (secondary N) is 2. The Morgan fingerprint density at radius 1 is 1.11 bits per heavy atom. The van der Waals surface area contributed by atoms with Gasteiger partial charge in [-0.3, -0.25) is 14.4 Å². The van der Waals surface area contributed by atoms with Gasteiger partial charge < -0.3 is 15.7 Å². The highest BCUT2D eigenvalue weighted by Crippen LogP contribution is 2.45. The molecule has 2 rings (SSSR count). The van der Waals surface area contributed by atoms with Gasteiger partial charge in [0.1, 0.15) is 5.41 Å². The number of carboxylic acid groups (broad SMARTS) is 1. The molecule has 0 bridgehead atoms. The molecule has 0 aliphatic heterocycles. The van der Waals surface area contributed by atoms with Crippen LogP contribution in [-0.4, -0.2) is 35.5 Å². The third-order valence-electron chi connectivity index (χ3n) is 3.97. The molecule has 0 heterocycles. The Bertz CT molecular complexity index is 384. The van der Waals surface area contributed by atoms with Crippen molar-refractivity contribution in [3.05, 3.63) is 0 Å². The van der Waals surface area contributed by atoms with Crippen molar-refractivity contribution < 1.29 is 19.5 Å². The fourth-order valence-electron chi connectivity index (χ4n) is 2.52. The molecule has 106 valence electrons. The predicted octanol–water partition coefficient (Wildman–Crippen LogP) is 0.416. The lowest BCUT2D eigenvalue weighted by molar-refractivity contribution is -0.149. The molecular formula is C13H20N2O4. The minimum Gasteiger partial charge on any atom is -0.480 e. The molecule has 0 aromatic heterocycles. The Balaban J connectivity index is 1.71. The van der Waals surface area contributed by atoms with Crippen LogP contribution in [0.15, 0.2) is 0 Å². The molecule has 0 atom stereocenters. The number of amides is 2. The Labute approximate surface area is 111 Å². The number of carbonyl (C=O) groups excluding carboxylic acids is 2. The van der Waals surface area contributed by atoms with Crippen molar-refractivity contribution in [3.8, 4) is 0 Å². The van der Waals surface area contributed by atoms with Crippen molar-refractivity contribution in [3.63, 3.8) is 0 Å². The van der Waals surface area contributed by atoms with Gasteiger partial charge in [0.05, 0.1) is 6.54 Å². The van der Waals surface area contributed by atoms with Gasteiger partial charge in [-0.15, -0.1) is 0 Å². The molecule has 19 heavy (non-hydrogen) atoms. The molecule has 3 N–H and O–H groups in total. The molecule has 6 heteroatoms. The highest BCUT2D eigenvalue weighted by Gasteiger charge is 2.57. The van der Waals surface area contributed by atoms with Crippen LogP contribution >= 0.6 is 0 Å². The zero-order chi connectivity index (χ0) is 13.9. The van der Waals surface area contributed by atoms with Crippen LogP contribution in [0.1, 0.15) is 44.9 Å². The van der Waals surface area contributed by atoms with Gasteiger partial charge in [0.25, 0.3) is 0 Å². The summed E-state index contributed by atoms with van der Waals surface area (Å²) >= 11 is 0. The summed E-state index contributed by atoms with van der Waals surface area (Å²) in [5, 5.41) is 14.2. The van der Waals surface area contributed by atoms with E-state index >= 15 is 0 Å². The quantitative estimate of drug-likeness (QED) is 0.629. The second-order valence-electron chi connectivity index (χ2n) is 5.47. The van der Waals surface area contributed by atoms with E-state index < -0.39 is 17.3 Å². The van der Waals surface area contributed by atoms with Gasteiger partial charge in [-0.1, -0.05) is 19.3 Å². The lowest BCUT2D eigenvalue weighted by atomic mass is 9.95. The second-order valence-corrected chi connectivity index (χ2v) is 5.47. The standard InChI is InChI=1S/C13H20N2O4/c16-10(15-9-4-2-1-3-5-9)8-14-11(17)13(6-7-13)12(18)19/h9H,1-8H2,(H,14,17)(H,15,16)(H,18,19). The summed E-state index contributed by atoms with van der Waals surface area (Å²) in [6, 6.07) is 0.201. The molecule has 0 spiro atoms. The molecule has 2 aliphatic carbocycles. The smallest absolute Gasteiger partial charge is 0.319 e. The van der Waals surface area contributed by atoms with Gasteiger partial charge in [-0.25, -0.2) is 0 Å². The first-order valence-electron chi connectivity index (χ1n) is 6.86. The average molecular weight is 268 g/mol. The molecular weight excluding hydrogens is 248 g/mol. The molecule has 0 aromatic rings. The molecule has 0 radical (unpaired) electrons. The van der Waals surface area contributed by atoms with Crippen LogP contribution in [0.3, 0.4) is 0 Å². The van der Waals surface area contributed by atoms with Gasteiger partial charge in [0, 0.05) is 6.04 Å². The molecule has 0 saturated heterocycles. The molecule has 6 nitrogen and oxygen atoms in total. The van der Waals surface area contributed by atoms with E-state index in [1.807, 2.05) is 0 Å². The van der Waals surface area contributed by atoms with Crippen molar-refractivity contribution in [2.24, 2.45) is 5.41 Å². The minimum absolute atomic E-state index is 0.135. The van der Waals surface area contributed by atoms with E-state index in [1.54, 1.807) is 0 Å². The normalized spacial score (nSPS) is 21.5. The maximum absolute atomic E-state index is 11.7. The summed E-state index contributed by atoms with van der Waals surface area (Å²) in [5.41, 5.74) is -1.27. The molecule has 2 saturated carbocycles. The SMILES string of the molecule is O=C(CNC(=O)C1(C(=O)O)CC1)NC1CCCCC1. The predicted molar refractivity (Wildman–Crippen MR) is 67.3 cm³/mol. The van der Waals surface area contributed by atoms with E-state index in [0.29, 0.717) is 12.8 Å². The van der Waals surface area contributed by atoms with E-state index in [-0.39, 0.29) is 18.5 Å². The number of carboxylic acids is 1. The van der Waals surface area contributed by atoms with Gasteiger partial charge in [-0.2, -0.15) is 0 Å². The summed E-state index contributed by atoms with van der Waals surface area (Å²) < 4.78 is 0. The third kappa shape index (κ3) is 3.24. The first-order chi connectivity index (χ1) is 9.04. The maximum Gasteiger partial charge on any atom is 0.319 e. The van der Waals surface area contributed by atoms with E-state index in [0.717, 1.165) is 25.7 Å².